The molecule has 0 atom stereocenters. The van der Waals surface area contributed by atoms with E-state index in [-0.39, 0.29) is 0 Å². The molecule has 2 aromatic carbocycles. The summed E-state index contributed by atoms with van der Waals surface area (Å²) in [5.41, 5.74) is 5.55. The first-order valence-electron chi connectivity index (χ1n) is 8.70. The van der Waals surface area contributed by atoms with Gasteiger partial charge in [-0.15, -0.1) is 0 Å². The van der Waals surface area contributed by atoms with E-state index < -0.39 is 11.8 Å². The van der Waals surface area contributed by atoms with Gasteiger partial charge in [0.2, 0.25) is 0 Å². The molecule has 0 aliphatic heterocycles. The normalized spacial score (nSPS) is 10.1. The van der Waals surface area contributed by atoms with Gasteiger partial charge in [0.1, 0.15) is 18.1 Å². The van der Waals surface area contributed by atoms with Crippen molar-refractivity contribution in [3.63, 3.8) is 0 Å². The Labute approximate surface area is 158 Å². The first-order chi connectivity index (χ1) is 13.2. The first kappa shape index (κ1) is 20.3. The number of amides is 2. The fourth-order valence-electron chi connectivity index (χ4n) is 2.19. The van der Waals surface area contributed by atoms with E-state index >= 15 is 0 Å². The van der Waals surface area contributed by atoms with Crippen LogP contribution in [0.5, 0.6) is 11.5 Å². The van der Waals surface area contributed by atoms with Gasteiger partial charge in [-0.1, -0.05) is 19.1 Å². The molecule has 7 nitrogen and oxygen atoms in total. The molecule has 0 radical (unpaired) electrons. The maximum absolute atomic E-state index is 12.3. The van der Waals surface area contributed by atoms with E-state index in [9.17, 15) is 9.59 Å². The van der Waals surface area contributed by atoms with E-state index in [0.717, 1.165) is 6.42 Å². The minimum absolute atomic E-state index is 0.355. The number of carbonyl (C=O) groups excluding carboxylic acids is 2. The second kappa shape index (κ2) is 10.8. The highest BCUT2D eigenvalue weighted by atomic mass is 16.5. The van der Waals surface area contributed by atoms with E-state index in [4.69, 9.17) is 14.2 Å². The van der Waals surface area contributed by atoms with Crippen LogP contribution < -0.4 is 20.3 Å². The van der Waals surface area contributed by atoms with Gasteiger partial charge in [-0.2, -0.15) is 0 Å². The van der Waals surface area contributed by atoms with E-state index in [2.05, 4.69) is 10.9 Å². The van der Waals surface area contributed by atoms with Gasteiger partial charge < -0.3 is 14.2 Å². The van der Waals surface area contributed by atoms with Gasteiger partial charge in [-0.05, 0) is 42.8 Å². The number of hydrogen-bond donors (Lipinski definition) is 2. The van der Waals surface area contributed by atoms with E-state index in [0.29, 0.717) is 42.4 Å². The summed E-state index contributed by atoms with van der Waals surface area (Å²) in [5.74, 6) is 0.228. The zero-order valence-corrected chi connectivity index (χ0v) is 15.5. The topological polar surface area (TPSA) is 85.9 Å². The van der Waals surface area contributed by atoms with E-state index in [1.54, 1.807) is 55.6 Å². The number of carbonyl (C=O) groups is 2. The van der Waals surface area contributed by atoms with Crippen LogP contribution in [-0.2, 0) is 4.74 Å². The number of hydrazine groups is 1. The van der Waals surface area contributed by atoms with Gasteiger partial charge in [0.05, 0.1) is 18.8 Å². The van der Waals surface area contributed by atoms with Crippen LogP contribution in [0.1, 0.15) is 34.1 Å². The third kappa shape index (κ3) is 6.31. The van der Waals surface area contributed by atoms with Crippen molar-refractivity contribution in [1.29, 1.82) is 0 Å². The smallest absolute Gasteiger partial charge is 0.273 e. The molecule has 27 heavy (non-hydrogen) atoms. The van der Waals surface area contributed by atoms with Crippen LogP contribution in [0.25, 0.3) is 0 Å². The third-order valence-corrected chi connectivity index (χ3v) is 3.56. The van der Waals surface area contributed by atoms with Crippen molar-refractivity contribution in [3.8, 4) is 11.5 Å². The minimum Gasteiger partial charge on any atom is -0.493 e. The first-order valence-corrected chi connectivity index (χ1v) is 8.70. The van der Waals surface area contributed by atoms with Crippen molar-refractivity contribution >= 4 is 11.8 Å². The largest absolute Gasteiger partial charge is 0.493 e. The summed E-state index contributed by atoms with van der Waals surface area (Å²) in [4.78, 5) is 24.5. The Kier molecular flexibility index (Phi) is 8.12. The number of methoxy groups -OCH3 is 1. The average Bonchev–Trinajstić information content (AvgIpc) is 2.71. The highest BCUT2D eigenvalue weighted by Gasteiger charge is 2.13. The molecule has 0 aliphatic carbocycles. The molecule has 0 aromatic heterocycles. The molecule has 0 aliphatic rings. The number of ether oxygens (including phenoxy) is 3. The highest BCUT2D eigenvalue weighted by molar-refractivity contribution is 6.00. The van der Waals surface area contributed by atoms with Crippen molar-refractivity contribution in [2.45, 2.75) is 13.3 Å². The van der Waals surface area contributed by atoms with Crippen molar-refractivity contribution in [1.82, 2.24) is 10.9 Å². The summed E-state index contributed by atoms with van der Waals surface area (Å²) in [7, 11) is 1.60. The molecule has 2 aromatic rings. The van der Waals surface area contributed by atoms with Crippen molar-refractivity contribution in [2.75, 3.05) is 26.9 Å². The van der Waals surface area contributed by atoms with Crippen LogP contribution >= 0.6 is 0 Å². The standard InChI is InChI=1S/C20H24N2O5/c1-3-12-27-18-7-5-4-6-17(18)20(24)22-21-19(23)15-8-10-16(11-9-15)26-14-13-25-2/h4-11H,3,12-14H2,1-2H3,(H,21,23)(H,22,24). The maximum atomic E-state index is 12.3. The van der Waals surface area contributed by atoms with Crippen LogP contribution in [0.3, 0.4) is 0 Å². The second-order valence-corrected chi connectivity index (χ2v) is 5.62. The Bertz CT molecular complexity index is 746. The van der Waals surface area contributed by atoms with E-state index in [1.807, 2.05) is 6.92 Å². The fraction of sp³-hybridized carbons (Fsp3) is 0.300. The van der Waals surface area contributed by atoms with Crippen LogP contribution in [-0.4, -0.2) is 38.7 Å². The van der Waals surface area contributed by atoms with Gasteiger partial charge in [0.15, 0.2) is 0 Å². The molecule has 2 rings (SSSR count). The number of rotatable bonds is 9. The molecular formula is C20H24N2O5. The molecule has 2 amide bonds. The van der Waals surface area contributed by atoms with Crippen LogP contribution in [0.15, 0.2) is 48.5 Å². The lowest BCUT2D eigenvalue weighted by Gasteiger charge is -2.12. The molecule has 0 bridgehead atoms. The van der Waals surface area contributed by atoms with Crippen molar-refractivity contribution in [3.05, 3.63) is 59.7 Å². The number of nitrogens with one attached hydrogen (secondary N) is 2. The summed E-state index contributed by atoms with van der Waals surface area (Å²) in [6, 6.07) is 13.5. The number of para-hydroxylation sites is 1. The second-order valence-electron chi connectivity index (χ2n) is 5.62. The Morgan fingerprint density at radius 1 is 0.852 bits per heavy atom. The quantitative estimate of drug-likeness (QED) is 0.522. The number of hydrogen-bond acceptors (Lipinski definition) is 5. The van der Waals surface area contributed by atoms with Gasteiger partial charge in [0, 0.05) is 12.7 Å². The minimum atomic E-state index is -0.449. The Hall–Kier alpha value is -3.06. The summed E-state index contributed by atoms with van der Waals surface area (Å²) >= 11 is 0. The van der Waals surface area contributed by atoms with E-state index in [1.165, 1.54) is 0 Å². The lowest BCUT2D eigenvalue weighted by molar-refractivity contribution is 0.0844. The maximum Gasteiger partial charge on any atom is 0.273 e. The molecule has 2 N–H and O–H groups in total. The van der Waals surface area contributed by atoms with Gasteiger partial charge in [0.25, 0.3) is 11.8 Å². The summed E-state index contributed by atoms with van der Waals surface area (Å²) in [5, 5.41) is 0. The molecule has 0 unspecified atom stereocenters. The molecule has 7 heteroatoms. The fourth-order valence-corrected chi connectivity index (χ4v) is 2.19. The van der Waals surface area contributed by atoms with Gasteiger partial charge in [-0.25, -0.2) is 0 Å². The summed E-state index contributed by atoms with van der Waals surface area (Å²) in [6.45, 7) is 3.40. The van der Waals surface area contributed by atoms with Crippen LogP contribution in [0.2, 0.25) is 0 Å². The Morgan fingerprint density at radius 2 is 1.56 bits per heavy atom. The van der Waals surface area contributed by atoms with Crippen molar-refractivity contribution < 1.29 is 23.8 Å². The summed E-state index contributed by atoms with van der Waals surface area (Å²) < 4.78 is 15.9. The molecule has 0 heterocycles. The SMILES string of the molecule is CCCOc1ccccc1C(=O)NNC(=O)c1ccc(OCCOC)cc1. The Morgan fingerprint density at radius 3 is 2.26 bits per heavy atom. The van der Waals surface area contributed by atoms with Crippen LogP contribution in [0, 0.1) is 0 Å². The highest BCUT2D eigenvalue weighted by Crippen LogP contribution is 2.18. The zero-order chi connectivity index (χ0) is 19.5. The molecule has 144 valence electrons. The molecule has 0 spiro atoms. The predicted octanol–water partition coefficient (Wildman–Crippen LogP) is 2.58. The van der Waals surface area contributed by atoms with Crippen LogP contribution in [0.4, 0.5) is 0 Å². The zero-order valence-electron chi connectivity index (χ0n) is 15.5. The third-order valence-electron chi connectivity index (χ3n) is 3.56. The lowest BCUT2D eigenvalue weighted by atomic mass is 10.2. The molecule has 0 saturated carbocycles. The van der Waals surface area contributed by atoms with Gasteiger partial charge >= 0.3 is 0 Å². The molecular weight excluding hydrogens is 348 g/mol. The molecule has 0 saturated heterocycles. The average molecular weight is 372 g/mol. The Balaban J connectivity index is 1.90. The van der Waals surface area contributed by atoms with Gasteiger partial charge in [-0.3, -0.25) is 20.4 Å². The van der Waals surface area contributed by atoms with Crippen molar-refractivity contribution in [2.24, 2.45) is 0 Å². The number of benzene rings is 2. The summed E-state index contributed by atoms with van der Waals surface area (Å²) in [6.07, 6.45) is 0.831. The lowest BCUT2D eigenvalue weighted by Crippen LogP contribution is -2.41. The molecule has 0 fully saturated rings. The monoisotopic (exact) mass is 372 g/mol. The predicted molar refractivity (Wildman–Crippen MR) is 101 cm³/mol.